The molecule has 1 unspecified atom stereocenters. The lowest BCUT2D eigenvalue weighted by Gasteiger charge is -2.07. The monoisotopic (exact) mass is 239 g/mol. The average molecular weight is 239 g/mol. The van der Waals surface area contributed by atoms with Gasteiger partial charge in [-0.05, 0) is 12.8 Å². The predicted octanol–water partition coefficient (Wildman–Crippen LogP) is 2.15. The molecule has 1 fully saturated rings. The van der Waals surface area contributed by atoms with Gasteiger partial charge in [-0.15, -0.1) is 0 Å². The molecule has 1 saturated carbocycles. The Morgan fingerprint density at radius 3 is 2.71 bits per heavy atom. The molecule has 1 aliphatic rings. The van der Waals surface area contributed by atoms with E-state index >= 15 is 0 Å². The second kappa shape index (κ2) is 6.12. The second-order valence-electron chi connectivity index (χ2n) is 4.74. The summed E-state index contributed by atoms with van der Waals surface area (Å²) in [7, 11) is 1.61. The van der Waals surface area contributed by atoms with Crippen molar-refractivity contribution in [2.24, 2.45) is 5.73 Å². The van der Waals surface area contributed by atoms with Crippen molar-refractivity contribution in [3.63, 3.8) is 0 Å². The van der Waals surface area contributed by atoms with E-state index in [2.05, 4.69) is 10.1 Å². The van der Waals surface area contributed by atoms with Crippen molar-refractivity contribution in [1.82, 2.24) is 10.1 Å². The molecule has 2 N–H and O–H groups in total. The maximum atomic E-state index is 5.86. The molecule has 0 amide bonds. The Hall–Kier alpha value is -0.940. The third kappa shape index (κ3) is 3.26. The van der Waals surface area contributed by atoms with Crippen LogP contribution >= 0.6 is 0 Å². The van der Waals surface area contributed by atoms with Crippen LogP contribution in [-0.2, 0) is 4.74 Å². The minimum Gasteiger partial charge on any atom is -0.383 e. The molecule has 1 heterocycles. The van der Waals surface area contributed by atoms with Gasteiger partial charge >= 0.3 is 0 Å². The minimum atomic E-state index is -0.313. The molecule has 5 heteroatoms. The third-order valence-corrected chi connectivity index (χ3v) is 3.34. The summed E-state index contributed by atoms with van der Waals surface area (Å²) in [5.74, 6) is 1.77. The van der Waals surface area contributed by atoms with Crippen molar-refractivity contribution in [3.05, 3.63) is 11.7 Å². The highest BCUT2D eigenvalue weighted by molar-refractivity contribution is 4.98. The summed E-state index contributed by atoms with van der Waals surface area (Å²) in [5, 5.41) is 4.06. The van der Waals surface area contributed by atoms with Crippen molar-refractivity contribution in [1.29, 1.82) is 0 Å². The maximum absolute atomic E-state index is 5.86. The van der Waals surface area contributed by atoms with Crippen molar-refractivity contribution < 1.29 is 9.26 Å². The van der Waals surface area contributed by atoms with Crippen molar-refractivity contribution in [3.8, 4) is 0 Å². The standard InChI is InChI=1S/C12H21N3O2/c1-16-8-10(13)12-14-11(15-17-12)9-6-4-2-3-5-7-9/h9-10H,2-8,13H2,1H3. The highest BCUT2D eigenvalue weighted by atomic mass is 16.5. The molecule has 0 saturated heterocycles. The van der Waals surface area contributed by atoms with E-state index in [9.17, 15) is 0 Å². The first-order valence-corrected chi connectivity index (χ1v) is 6.39. The fraction of sp³-hybridized carbons (Fsp3) is 0.833. The van der Waals surface area contributed by atoms with Gasteiger partial charge in [-0.3, -0.25) is 0 Å². The van der Waals surface area contributed by atoms with Gasteiger partial charge < -0.3 is 15.0 Å². The van der Waals surface area contributed by atoms with Crippen molar-refractivity contribution in [2.75, 3.05) is 13.7 Å². The molecule has 5 nitrogen and oxygen atoms in total. The molecular formula is C12H21N3O2. The van der Waals surface area contributed by atoms with E-state index in [-0.39, 0.29) is 6.04 Å². The van der Waals surface area contributed by atoms with E-state index in [4.69, 9.17) is 15.0 Å². The van der Waals surface area contributed by atoms with Gasteiger partial charge in [0.2, 0.25) is 5.89 Å². The smallest absolute Gasteiger partial charge is 0.245 e. The molecule has 2 rings (SSSR count). The summed E-state index contributed by atoms with van der Waals surface area (Å²) < 4.78 is 10.2. The summed E-state index contributed by atoms with van der Waals surface area (Å²) in [6.07, 6.45) is 7.50. The van der Waals surface area contributed by atoms with E-state index in [1.54, 1.807) is 7.11 Å². The van der Waals surface area contributed by atoms with Gasteiger partial charge in [0.15, 0.2) is 5.82 Å². The number of nitrogens with zero attached hydrogens (tertiary/aromatic N) is 2. The SMILES string of the molecule is COCC(N)c1nc(C2CCCCCC2)no1. The molecule has 1 aromatic heterocycles. The van der Waals surface area contributed by atoms with Crippen LogP contribution in [0.5, 0.6) is 0 Å². The molecular weight excluding hydrogens is 218 g/mol. The molecule has 0 radical (unpaired) electrons. The Bertz CT molecular complexity index is 332. The van der Waals surface area contributed by atoms with Crippen LogP contribution in [0.4, 0.5) is 0 Å². The normalized spacial score (nSPS) is 20.1. The van der Waals surface area contributed by atoms with E-state index in [0.717, 1.165) is 5.82 Å². The minimum absolute atomic E-state index is 0.313. The van der Waals surface area contributed by atoms with Crippen LogP contribution in [0.15, 0.2) is 4.52 Å². The van der Waals surface area contributed by atoms with Crippen LogP contribution in [0.1, 0.15) is 62.2 Å². The predicted molar refractivity (Wildman–Crippen MR) is 63.5 cm³/mol. The lowest BCUT2D eigenvalue weighted by Crippen LogP contribution is -2.16. The van der Waals surface area contributed by atoms with Gasteiger partial charge in [-0.1, -0.05) is 30.8 Å². The Morgan fingerprint density at radius 2 is 2.06 bits per heavy atom. The molecule has 1 atom stereocenters. The van der Waals surface area contributed by atoms with Crippen LogP contribution in [0.3, 0.4) is 0 Å². The number of hydrogen-bond acceptors (Lipinski definition) is 5. The van der Waals surface area contributed by atoms with Gasteiger partial charge in [0.1, 0.15) is 6.04 Å². The fourth-order valence-corrected chi connectivity index (χ4v) is 2.35. The molecule has 0 aromatic carbocycles. The lowest BCUT2D eigenvalue weighted by molar-refractivity contribution is 0.166. The summed E-state index contributed by atoms with van der Waals surface area (Å²) >= 11 is 0. The highest BCUT2D eigenvalue weighted by Crippen LogP contribution is 2.30. The molecule has 1 aromatic rings. The van der Waals surface area contributed by atoms with Crippen LogP contribution in [0, 0.1) is 0 Å². The van der Waals surface area contributed by atoms with E-state index in [0.29, 0.717) is 18.4 Å². The molecule has 96 valence electrons. The first-order valence-electron chi connectivity index (χ1n) is 6.39. The summed E-state index contributed by atoms with van der Waals surface area (Å²) in [5.41, 5.74) is 5.86. The van der Waals surface area contributed by atoms with Gasteiger partial charge in [-0.2, -0.15) is 4.98 Å². The number of aromatic nitrogens is 2. The fourth-order valence-electron chi connectivity index (χ4n) is 2.35. The van der Waals surface area contributed by atoms with Crippen molar-refractivity contribution in [2.45, 2.75) is 50.5 Å². The average Bonchev–Trinajstić information content (AvgIpc) is 2.66. The summed E-state index contributed by atoms with van der Waals surface area (Å²) in [4.78, 5) is 4.41. The van der Waals surface area contributed by atoms with Crippen LogP contribution in [0.2, 0.25) is 0 Å². The Balaban J connectivity index is 2.01. The number of rotatable bonds is 4. The first kappa shape index (κ1) is 12.5. The maximum Gasteiger partial charge on any atom is 0.245 e. The number of ether oxygens (including phenoxy) is 1. The first-order chi connectivity index (χ1) is 8.31. The zero-order valence-electron chi connectivity index (χ0n) is 10.4. The number of hydrogen-bond donors (Lipinski definition) is 1. The van der Waals surface area contributed by atoms with Crippen LogP contribution in [0.25, 0.3) is 0 Å². The van der Waals surface area contributed by atoms with E-state index in [1.807, 2.05) is 0 Å². The molecule has 0 aliphatic heterocycles. The highest BCUT2D eigenvalue weighted by Gasteiger charge is 2.22. The quantitative estimate of drug-likeness (QED) is 0.815. The molecule has 17 heavy (non-hydrogen) atoms. The second-order valence-corrected chi connectivity index (χ2v) is 4.74. The van der Waals surface area contributed by atoms with Crippen molar-refractivity contribution >= 4 is 0 Å². The van der Waals surface area contributed by atoms with E-state index < -0.39 is 0 Å². The van der Waals surface area contributed by atoms with Crippen LogP contribution < -0.4 is 5.73 Å². The zero-order valence-corrected chi connectivity index (χ0v) is 10.4. The number of nitrogens with two attached hydrogens (primary N) is 1. The Labute approximate surface area is 102 Å². The summed E-state index contributed by atoms with van der Waals surface area (Å²) in [6.45, 7) is 0.409. The third-order valence-electron chi connectivity index (χ3n) is 3.34. The van der Waals surface area contributed by atoms with Gasteiger partial charge in [0.05, 0.1) is 6.61 Å². The van der Waals surface area contributed by atoms with Gasteiger partial charge in [0.25, 0.3) is 0 Å². The number of methoxy groups -OCH3 is 1. The van der Waals surface area contributed by atoms with Gasteiger partial charge in [0, 0.05) is 13.0 Å². The topological polar surface area (TPSA) is 74.2 Å². The largest absolute Gasteiger partial charge is 0.383 e. The Morgan fingerprint density at radius 1 is 1.35 bits per heavy atom. The summed E-state index contributed by atoms with van der Waals surface area (Å²) in [6, 6.07) is -0.313. The lowest BCUT2D eigenvalue weighted by atomic mass is 10.00. The van der Waals surface area contributed by atoms with E-state index in [1.165, 1.54) is 38.5 Å². The zero-order chi connectivity index (χ0) is 12.1. The molecule has 0 bridgehead atoms. The van der Waals surface area contributed by atoms with Crippen LogP contribution in [-0.4, -0.2) is 23.9 Å². The molecule has 1 aliphatic carbocycles. The van der Waals surface area contributed by atoms with Gasteiger partial charge in [-0.25, -0.2) is 0 Å². The molecule has 0 spiro atoms. The Kier molecular flexibility index (Phi) is 4.50.